The first-order valence-electron chi connectivity index (χ1n) is 9.22. The molecule has 2 fully saturated rings. The van der Waals surface area contributed by atoms with E-state index in [1.54, 1.807) is 0 Å². The molecule has 7 heteroatoms. The molecule has 0 spiro atoms. The zero-order valence-electron chi connectivity index (χ0n) is 14.8. The summed E-state index contributed by atoms with van der Waals surface area (Å²) in [5, 5.41) is 7.34. The Balaban J connectivity index is 1.43. The van der Waals surface area contributed by atoms with Gasteiger partial charge in [-0.2, -0.15) is 4.98 Å². The van der Waals surface area contributed by atoms with E-state index >= 15 is 0 Å². The van der Waals surface area contributed by atoms with Gasteiger partial charge in [-0.1, -0.05) is 12.1 Å². The smallest absolute Gasteiger partial charge is 0.243 e. The number of amides is 1. The highest BCUT2D eigenvalue weighted by Gasteiger charge is 2.27. The van der Waals surface area contributed by atoms with Crippen LogP contribution in [-0.4, -0.2) is 65.1 Å². The number of nitrogens with one attached hydrogen (secondary N) is 1. The molecule has 2 atom stereocenters. The summed E-state index contributed by atoms with van der Waals surface area (Å²) in [7, 11) is 0. The van der Waals surface area contributed by atoms with Gasteiger partial charge >= 0.3 is 0 Å². The molecule has 1 amide bonds. The Bertz CT molecular complexity index is 533. The summed E-state index contributed by atoms with van der Waals surface area (Å²) >= 11 is 0. The summed E-state index contributed by atoms with van der Waals surface area (Å²) in [5.41, 5.74) is 0. The molecule has 0 radical (unpaired) electrons. The molecule has 1 N–H and O–H groups in total. The van der Waals surface area contributed by atoms with Gasteiger partial charge in [0.15, 0.2) is 5.82 Å². The summed E-state index contributed by atoms with van der Waals surface area (Å²) in [6.45, 7) is 9.60. The van der Waals surface area contributed by atoms with Gasteiger partial charge in [-0.05, 0) is 38.8 Å². The molecule has 2 aliphatic heterocycles. The SMILES string of the molecule is CCc1noc(C(C)N2CCN(C(=O)CCC3CCNC3)CC2)n1. The molecule has 0 bridgehead atoms. The summed E-state index contributed by atoms with van der Waals surface area (Å²) in [6.07, 6.45) is 3.70. The van der Waals surface area contributed by atoms with Crippen molar-refractivity contribution in [2.75, 3.05) is 39.3 Å². The maximum absolute atomic E-state index is 12.4. The Morgan fingerprint density at radius 1 is 1.38 bits per heavy atom. The quantitative estimate of drug-likeness (QED) is 0.843. The largest absolute Gasteiger partial charge is 0.340 e. The van der Waals surface area contributed by atoms with E-state index in [0.717, 1.165) is 57.9 Å². The third-order valence-corrected chi connectivity index (χ3v) is 5.30. The first-order valence-corrected chi connectivity index (χ1v) is 9.22. The topological polar surface area (TPSA) is 74.5 Å². The second-order valence-corrected chi connectivity index (χ2v) is 6.89. The molecular formula is C17H29N5O2. The number of nitrogens with zero attached hydrogens (tertiary/aromatic N) is 4. The molecule has 0 aromatic carbocycles. The maximum atomic E-state index is 12.4. The van der Waals surface area contributed by atoms with Crippen molar-refractivity contribution in [3.05, 3.63) is 11.7 Å². The van der Waals surface area contributed by atoms with Gasteiger partial charge in [0.2, 0.25) is 11.8 Å². The number of aryl methyl sites for hydroxylation is 1. The Kier molecular flexibility index (Phi) is 5.84. The summed E-state index contributed by atoms with van der Waals surface area (Å²) in [6, 6.07) is 0.111. The Morgan fingerprint density at radius 2 is 2.17 bits per heavy atom. The molecule has 3 rings (SSSR count). The first-order chi connectivity index (χ1) is 11.7. The van der Waals surface area contributed by atoms with Gasteiger partial charge in [0, 0.05) is 39.0 Å². The van der Waals surface area contributed by atoms with Crippen molar-refractivity contribution in [3.63, 3.8) is 0 Å². The number of carbonyl (C=O) groups is 1. The van der Waals surface area contributed by atoms with Crippen LogP contribution in [0, 0.1) is 5.92 Å². The number of carbonyl (C=O) groups excluding carboxylic acids is 1. The number of aromatic nitrogens is 2. The van der Waals surface area contributed by atoms with Crippen LogP contribution in [0.2, 0.25) is 0 Å². The average Bonchev–Trinajstić information content (AvgIpc) is 3.30. The van der Waals surface area contributed by atoms with Crippen molar-refractivity contribution >= 4 is 5.91 Å². The molecule has 1 aromatic heterocycles. The van der Waals surface area contributed by atoms with E-state index in [1.165, 1.54) is 6.42 Å². The van der Waals surface area contributed by atoms with Crippen LogP contribution in [0.15, 0.2) is 4.52 Å². The third kappa shape index (κ3) is 4.13. The van der Waals surface area contributed by atoms with E-state index in [0.29, 0.717) is 24.1 Å². The number of piperazine rings is 1. The minimum Gasteiger partial charge on any atom is -0.340 e. The first kappa shape index (κ1) is 17.4. The molecule has 2 unspecified atom stereocenters. The van der Waals surface area contributed by atoms with Crippen molar-refractivity contribution in [1.82, 2.24) is 25.3 Å². The standard InChI is InChI=1S/C17H29N5O2/c1-3-15-19-17(24-20-15)13(2)21-8-10-22(11-9-21)16(23)5-4-14-6-7-18-12-14/h13-14,18H,3-12H2,1-2H3. The number of hydrogen-bond acceptors (Lipinski definition) is 6. The van der Waals surface area contributed by atoms with Crippen LogP contribution in [0.1, 0.15) is 50.9 Å². The van der Waals surface area contributed by atoms with Gasteiger partial charge in [0.05, 0.1) is 6.04 Å². The molecule has 0 saturated carbocycles. The summed E-state index contributed by atoms with van der Waals surface area (Å²) in [4.78, 5) is 21.1. The van der Waals surface area contributed by atoms with Crippen LogP contribution in [0.4, 0.5) is 0 Å². The fourth-order valence-corrected chi connectivity index (χ4v) is 3.54. The molecule has 2 aliphatic rings. The highest BCUT2D eigenvalue weighted by atomic mass is 16.5. The van der Waals surface area contributed by atoms with Crippen molar-refractivity contribution in [2.45, 2.75) is 45.6 Å². The van der Waals surface area contributed by atoms with Crippen LogP contribution in [0.3, 0.4) is 0 Å². The van der Waals surface area contributed by atoms with E-state index in [2.05, 4.69) is 27.3 Å². The van der Waals surface area contributed by atoms with Gasteiger partial charge in [-0.25, -0.2) is 0 Å². The highest BCUT2D eigenvalue weighted by molar-refractivity contribution is 5.76. The van der Waals surface area contributed by atoms with Gasteiger partial charge in [0.1, 0.15) is 0 Å². The third-order valence-electron chi connectivity index (χ3n) is 5.30. The monoisotopic (exact) mass is 335 g/mol. The van der Waals surface area contributed by atoms with Crippen LogP contribution in [-0.2, 0) is 11.2 Å². The lowest BCUT2D eigenvalue weighted by atomic mass is 10.0. The minimum absolute atomic E-state index is 0.111. The highest BCUT2D eigenvalue weighted by Crippen LogP contribution is 2.21. The Labute approximate surface area is 143 Å². The molecule has 24 heavy (non-hydrogen) atoms. The van der Waals surface area contributed by atoms with Crippen LogP contribution < -0.4 is 5.32 Å². The van der Waals surface area contributed by atoms with E-state index in [9.17, 15) is 4.79 Å². The molecule has 0 aliphatic carbocycles. The second-order valence-electron chi connectivity index (χ2n) is 6.89. The van der Waals surface area contributed by atoms with Crippen molar-refractivity contribution < 1.29 is 9.32 Å². The summed E-state index contributed by atoms with van der Waals surface area (Å²) < 4.78 is 5.35. The van der Waals surface area contributed by atoms with Crippen molar-refractivity contribution in [2.24, 2.45) is 5.92 Å². The van der Waals surface area contributed by atoms with Crippen molar-refractivity contribution in [1.29, 1.82) is 0 Å². The fraction of sp³-hybridized carbons (Fsp3) is 0.824. The fourth-order valence-electron chi connectivity index (χ4n) is 3.54. The van der Waals surface area contributed by atoms with E-state index in [1.807, 2.05) is 11.8 Å². The predicted octanol–water partition coefficient (Wildman–Crippen LogP) is 1.23. The van der Waals surface area contributed by atoms with E-state index in [-0.39, 0.29) is 6.04 Å². The van der Waals surface area contributed by atoms with Gasteiger partial charge in [-0.15, -0.1) is 0 Å². The lowest BCUT2D eigenvalue weighted by Gasteiger charge is -2.37. The number of rotatable bonds is 6. The molecular weight excluding hydrogens is 306 g/mol. The maximum Gasteiger partial charge on any atom is 0.243 e. The zero-order chi connectivity index (χ0) is 16.9. The van der Waals surface area contributed by atoms with E-state index < -0.39 is 0 Å². The molecule has 1 aromatic rings. The zero-order valence-corrected chi connectivity index (χ0v) is 14.8. The second kappa shape index (κ2) is 8.07. The van der Waals surface area contributed by atoms with Crippen LogP contribution in [0.5, 0.6) is 0 Å². The van der Waals surface area contributed by atoms with Crippen LogP contribution >= 0.6 is 0 Å². The Hall–Kier alpha value is -1.47. The lowest BCUT2D eigenvalue weighted by Crippen LogP contribution is -2.49. The summed E-state index contributed by atoms with van der Waals surface area (Å²) in [5.74, 6) is 2.42. The normalized spacial score (nSPS) is 23.6. The lowest BCUT2D eigenvalue weighted by molar-refractivity contribution is -0.133. The molecule has 134 valence electrons. The molecule has 2 saturated heterocycles. The van der Waals surface area contributed by atoms with Crippen molar-refractivity contribution in [3.8, 4) is 0 Å². The molecule has 3 heterocycles. The Morgan fingerprint density at radius 3 is 2.79 bits per heavy atom. The van der Waals surface area contributed by atoms with Gasteiger partial charge < -0.3 is 14.7 Å². The predicted molar refractivity (Wildman–Crippen MR) is 90.5 cm³/mol. The van der Waals surface area contributed by atoms with Gasteiger partial charge in [-0.3, -0.25) is 9.69 Å². The van der Waals surface area contributed by atoms with E-state index in [4.69, 9.17) is 4.52 Å². The van der Waals surface area contributed by atoms with Crippen LogP contribution in [0.25, 0.3) is 0 Å². The van der Waals surface area contributed by atoms with Gasteiger partial charge in [0.25, 0.3) is 0 Å². The minimum atomic E-state index is 0.111. The molecule has 7 nitrogen and oxygen atoms in total. The average molecular weight is 335 g/mol. The number of hydrogen-bond donors (Lipinski definition) is 1.